The summed E-state index contributed by atoms with van der Waals surface area (Å²) >= 11 is 0. The van der Waals surface area contributed by atoms with Crippen LogP contribution in [-0.4, -0.2) is 16.4 Å². The molecule has 1 aromatic carbocycles. The van der Waals surface area contributed by atoms with Crippen molar-refractivity contribution in [3.63, 3.8) is 0 Å². The maximum absolute atomic E-state index is 12.2. The molecule has 3 heteroatoms. The maximum Gasteiger partial charge on any atom is 0.220 e. The Balaban J connectivity index is 1.51. The third-order valence-corrected chi connectivity index (χ3v) is 4.31. The summed E-state index contributed by atoms with van der Waals surface area (Å²) in [5.74, 6) is 0.154. The van der Waals surface area contributed by atoms with Gasteiger partial charge in [0, 0.05) is 24.4 Å². The van der Waals surface area contributed by atoms with Crippen LogP contribution in [0.15, 0.2) is 48.8 Å². The van der Waals surface area contributed by atoms with Crippen LogP contribution in [0.1, 0.15) is 36.0 Å². The zero-order valence-corrected chi connectivity index (χ0v) is 13.0. The standard InChI is InChI=1S/C19H22N2O/c1-15-2-4-17(5-3-15)14-19(10-11-19)21-18(22)7-6-16-8-12-20-13-9-16/h2-5,8-9,12-13H,6-7,10-11,14H2,1H3,(H,21,22). The number of benzene rings is 1. The van der Waals surface area contributed by atoms with Gasteiger partial charge in [-0.2, -0.15) is 0 Å². The molecule has 1 aliphatic carbocycles. The molecule has 1 N–H and O–H groups in total. The molecule has 1 saturated carbocycles. The molecule has 2 aromatic rings. The highest BCUT2D eigenvalue weighted by Gasteiger charge is 2.43. The molecule has 3 rings (SSSR count). The minimum Gasteiger partial charge on any atom is -0.350 e. The molecule has 1 amide bonds. The monoisotopic (exact) mass is 294 g/mol. The molecular formula is C19H22N2O. The third kappa shape index (κ3) is 3.94. The quantitative estimate of drug-likeness (QED) is 0.889. The van der Waals surface area contributed by atoms with Crippen LogP contribution in [0.5, 0.6) is 0 Å². The van der Waals surface area contributed by atoms with Gasteiger partial charge in [0.2, 0.25) is 5.91 Å². The Hall–Kier alpha value is -2.16. The zero-order chi connectivity index (χ0) is 15.4. The molecule has 0 aliphatic heterocycles. The molecule has 0 spiro atoms. The van der Waals surface area contributed by atoms with Crippen LogP contribution in [-0.2, 0) is 17.6 Å². The van der Waals surface area contributed by atoms with Gasteiger partial charge in [0.25, 0.3) is 0 Å². The van der Waals surface area contributed by atoms with Crippen LogP contribution in [0.3, 0.4) is 0 Å². The Labute approximate surface area is 131 Å². The van der Waals surface area contributed by atoms with Crippen LogP contribution in [0.25, 0.3) is 0 Å². The summed E-state index contributed by atoms with van der Waals surface area (Å²) in [4.78, 5) is 16.2. The number of nitrogens with one attached hydrogen (secondary N) is 1. The number of rotatable bonds is 6. The summed E-state index contributed by atoms with van der Waals surface area (Å²) in [6.45, 7) is 2.09. The molecule has 1 heterocycles. The lowest BCUT2D eigenvalue weighted by Gasteiger charge is -2.18. The van der Waals surface area contributed by atoms with Crippen LogP contribution in [0.2, 0.25) is 0 Å². The van der Waals surface area contributed by atoms with E-state index in [0.717, 1.165) is 31.2 Å². The lowest BCUT2D eigenvalue weighted by atomic mass is 10.0. The predicted molar refractivity (Wildman–Crippen MR) is 87.5 cm³/mol. The highest BCUT2D eigenvalue weighted by atomic mass is 16.1. The Bertz CT molecular complexity index is 630. The van der Waals surface area contributed by atoms with Crippen molar-refractivity contribution in [3.8, 4) is 0 Å². The number of pyridine rings is 1. The van der Waals surface area contributed by atoms with Gasteiger partial charge >= 0.3 is 0 Å². The minimum absolute atomic E-state index is 0.00455. The summed E-state index contributed by atoms with van der Waals surface area (Å²) in [6.07, 6.45) is 7.96. The number of carbonyl (C=O) groups excluding carboxylic acids is 1. The van der Waals surface area contributed by atoms with Crippen molar-refractivity contribution in [3.05, 3.63) is 65.5 Å². The zero-order valence-electron chi connectivity index (χ0n) is 13.0. The second kappa shape index (κ2) is 6.30. The number of nitrogens with zero attached hydrogens (tertiary/aromatic N) is 1. The first-order valence-electron chi connectivity index (χ1n) is 7.91. The van der Waals surface area contributed by atoms with Gasteiger partial charge < -0.3 is 5.32 Å². The van der Waals surface area contributed by atoms with Crippen molar-refractivity contribution in [2.45, 2.75) is 44.6 Å². The van der Waals surface area contributed by atoms with Crippen molar-refractivity contribution in [2.75, 3.05) is 0 Å². The molecule has 0 radical (unpaired) electrons. The van der Waals surface area contributed by atoms with E-state index in [-0.39, 0.29) is 11.4 Å². The van der Waals surface area contributed by atoms with Gasteiger partial charge in [-0.1, -0.05) is 29.8 Å². The molecule has 1 fully saturated rings. The minimum atomic E-state index is 0.00455. The van der Waals surface area contributed by atoms with E-state index in [0.29, 0.717) is 6.42 Å². The van der Waals surface area contributed by atoms with E-state index in [1.54, 1.807) is 12.4 Å². The highest BCUT2D eigenvalue weighted by molar-refractivity contribution is 5.77. The van der Waals surface area contributed by atoms with Crippen molar-refractivity contribution in [1.82, 2.24) is 10.3 Å². The maximum atomic E-state index is 12.2. The Kier molecular flexibility index (Phi) is 4.23. The van der Waals surface area contributed by atoms with E-state index in [4.69, 9.17) is 0 Å². The lowest BCUT2D eigenvalue weighted by molar-refractivity contribution is -0.122. The van der Waals surface area contributed by atoms with Gasteiger partial charge in [0.15, 0.2) is 0 Å². The third-order valence-electron chi connectivity index (χ3n) is 4.31. The smallest absolute Gasteiger partial charge is 0.220 e. The van der Waals surface area contributed by atoms with Gasteiger partial charge in [0.1, 0.15) is 0 Å². The van der Waals surface area contributed by atoms with Gasteiger partial charge in [0.05, 0.1) is 0 Å². The number of carbonyl (C=O) groups is 1. The summed E-state index contributed by atoms with van der Waals surface area (Å²) in [6, 6.07) is 12.5. The van der Waals surface area contributed by atoms with Gasteiger partial charge in [-0.15, -0.1) is 0 Å². The average Bonchev–Trinajstić information content (AvgIpc) is 3.28. The topological polar surface area (TPSA) is 42.0 Å². The first-order chi connectivity index (χ1) is 10.7. The summed E-state index contributed by atoms with van der Waals surface area (Å²) in [5, 5.41) is 3.25. The van der Waals surface area contributed by atoms with E-state index < -0.39 is 0 Å². The van der Waals surface area contributed by atoms with Crippen molar-refractivity contribution in [1.29, 1.82) is 0 Å². The van der Waals surface area contributed by atoms with E-state index in [9.17, 15) is 4.79 Å². The molecule has 1 aromatic heterocycles. The fraction of sp³-hybridized carbons (Fsp3) is 0.368. The normalized spacial score (nSPS) is 15.3. The predicted octanol–water partition coefficient (Wildman–Crippen LogP) is 3.21. The van der Waals surface area contributed by atoms with Crippen LogP contribution >= 0.6 is 0 Å². The molecule has 1 aliphatic rings. The summed E-state index contributed by atoms with van der Waals surface area (Å²) < 4.78 is 0. The number of aryl methyl sites for hydroxylation is 2. The molecule has 3 nitrogen and oxygen atoms in total. The molecule has 0 saturated heterocycles. The second-order valence-electron chi connectivity index (χ2n) is 6.35. The molecular weight excluding hydrogens is 272 g/mol. The van der Waals surface area contributed by atoms with E-state index in [2.05, 4.69) is 41.5 Å². The molecule has 0 unspecified atom stereocenters. The fourth-order valence-electron chi connectivity index (χ4n) is 2.76. The molecule has 0 atom stereocenters. The average molecular weight is 294 g/mol. The van der Waals surface area contributed by atoms with Gasteiger partial charge in [-0.3, -0.25) is 9.78 Å². The van der Waals surface area contributed by atoms with Crippen molar-refractivity contribution >= 4 is 5.91 Å². The number of amides is 1. The molecule has 0 bridgehead atoms. The summed E-state index contributed by atoms with van der Waals surface area (Å²) in [5.41, 5.74) is 3.74. The first-order valence-corrected chi connectivity index (χ1v) is 7.91. The number of hydrogen-bond acceptors (Lipinski definition) is 2. The Morgan fingerprint density at radius 1 is 1.09 bits per heavy atom. The van der Waals surface area contributed by atoms with E-state index >= 15 is 0 Å². The van der Waals surface area contributed by atoms with Crippen molar-refractivity contribution in [2.24, 2.45) is 0 Å². The van der Waals surface area contributed by atoms with Gasteiger partial charge in [-0.05, 0) is 55.9 Å². The first kappa shape index (κ1) is 14.8. The second-order valence-corrected chi connectivity index (χ2v) is 6.35. The summed E-state index contributed by atoms with van der Waals surface area (Å²) in [7, 11) is 0. The van der Waals surface area contributed by atoms with Crippen LogP contribution in [0.4, 0.5) is 0 Å². The molecule has 114 valence electrons. The molecule has 22 heavy (non-hydrogen) atoms. The Morgan fingerprint density at radius 2 is 1.77 bits per heavy atom. The number of aromatic nitrogens is 1. The fourth-order valence-corrected chi connectivity index (χ4v) is 2.76. The number of hydrogen-bond donors (Lipinski definition) is 1. The lowest BCUT2D eigenvalue weighted by Crippen LogP contribution is -2.38. The Morgan fingerprint density at radius 3 is 2.41 bits per heavy atom. The van der Waals surface area contributed by atoms with Gasteiger partial charge in [-0.25, -0.2) is 0 Å². The van der Waals surface area contributed by atoms with E-state index in [1.807, 2.05) is 12.1 Å². The van der Waals surface area contributed by atoms with E-state index in [1.165, 1.54) is 11.1 Å². The van der Waals surface area contributed by atoms with Crippen molar-refractivity contribution < 1.29 is 4.79 Å². The highest BCUT2D eigenvalue weighted by Crippen LogP contribution is 2.38. The van der Waals surface area contributed by atoms with Crippen LogP contribution < -0.4 is 5.32 Å². The van der Waals surface area contributed by atoms with Crippen LogP contribution in [0, 0.1) is 6.92 Å². The largest absolute Gasteiger partial charge is 0.350 e. The SMILES string of the molecule is Cc1ccc(CC2(NC(=O)CCc3ccncc3)CC2)cc1.